The third-order valence-electron chi connectivity index (χ3n) is 4.31. The summed E-state index contributed by atoms with van der Waals surface area (Å²) < 4.78 is 4.75. The first-order valence-corrected chi connectivity index (χ1v) is 7.27. The summed E-state index contributed by atoms with van der Waals surface area (Å²) in [5, 5.41) is 3.32. The number of amides is 1. The number of nitrogens with one attached hydrogen (secondary N) is 1. The maximum atomic E-state index is 12.1. The number of piperidine rings is 1. The van der Waals surface area contributed by atoms with Crippen molar-refractivity contribution < 1.29 is 14.3 Å². The standard InChI is InChI=1S/C14H24N2O3/c1-19-14(18)12-5-8-16(9-6-12)13(17)3-2-11-4-7-15-10-11/h11-12,15H,2-10H2,1H3. The van der Waals surface area contributed by atoms with E-state index in [1.807, 2.05) is 4.90 Å². The third-order valence-corrected chi connectivity index (χ3v) is 4.31. The molecule has 1 N–H and O–H groups in total. The second kappa shape index (κ2) is 6.89. The largest absolute Gasteiger partial charge is 0.469 e. The second-order valence-electron chi connectivity index (χ2n) is 5.58. The highest BCUT2D eigenvalue weighted by molar-refractivity contribution is 5.77. The number of carbonyl (C=O) groups is 2. The summed E-state index contributed by atoms with van der Waals surface area (Å²) in [5.41, 5.74) is 0. The van der Waals surface area contributed by atoms with Crippen LogP contribution in [-0.2, 0) is 14.3 Å². The van der Waals surface area contributed by atoms with E-state index in [0.717, 1.165) is 32.4 Å². The molecule has 2 saturated heterocycles. The summed E-state index contributed by atoms with van der Waals surface area (Å²) in [7, 11) is 1.43. The van der Waals surface area contributed by atoms with Crippen LogP contribution in [0.1, 0.15) is 32.1 Å². The highest BCUT2D eigenvalue weighted by atomic mass is 16.5. The monoisotopic (exact) mass is 268 g/mol. The van der Waals surface area contributed by atoms with Gasteiger partial charge in [-0.05, 0) is 44.7 Å². The van der Waals surface area contributed by atoms with Crippen molar-refractivity contribution in [3.63, 3.8) is 0 Å². The molecule has 19 heavy (non-hydrogen) atoms. The quantitative estimate of drug-likeness (QED) is 0.766. The van der Waals surface area contributed by atoms with Crippen LogP contribution in [0.5, 0.6) is 0 Å². The van der Waals surface area contributed by atoms with E-state index in [-0.39, 0.29) is 17.8 Å². The summed E-state index contributed by atoms with van der Waals surface area (Å²) in [4.78, 5) is 25.4. The van der Waals surface area contributed by atoms with Crippen LogP contribution in [0, 0.1) is 11.8 Å². The zero-order chi connectivity index (χ0) is 13.7. The van der Waals surface area contributed by atoms with Gasteiger partial charge in [-0.3, -0.25) is 9.59 Å². The van der Waals surface area contributed by atoms with E-state index in [0.29, 0.717) is 25.4 Å². The maximum Gasteiger partial charge on any atom is 0.308 e. The Kier molecular flexibility index (Phi) is 5.19. The van der Waals surface area contributed by atoms with Crippen molar-refractivity contribution in [3.8, 4) is 0 Å². The number of nitrogens with zero attached hydrogens (tertiary/aromatic N) is 1. The van der Waals surface area contributed by atoms with Crippen molar-refractivity contribution in [1.82, 2.24) is 10.2 Å². The van der Waals surface area contributed by atoms with Crippen LogP contribution in [0.15, 0.2) is 0 Å². The molecule has 108 valence electrons. The normalized spacial score (nSPS) is 24.5. The molecule has 5 nitrogen and oxygen atoms in total. The van der Waals surface area contributed by atoms with Crippen LogP contribution >= 0.6 is 0 Å². The molecule has 0 aromatic carbocycles. The Hall–Kier alpha value is -1.10. The SMILES string of the molecule is COC(=O)C1CCN(C(=O)CCC2CCNC2)CC1. The first kappa shape index (κ1) is 14.3. The Morgan fingerprint density at radius 2 is 2.00 bits per heavy atom. The number of esters is 1. The van der Waals surface area contributed by atoms with Crippen LogP contribution in [0.3, 0.4) is 0 Å². The molecule has 0 aromatic rings. The molecule has 1 unspecified atom stereocenters. The second-order valence-corrected chi connectivity index (χ2v) is 5.58. The smallest absolute Gasteiger partial charge is 0.308 e. The summed E-state index contributed by atoms with van der Waals surface area (Å²) in [6, 6.07) is 0. The highest BCUT2D eigenvalue weighted by Crippen LogP contribution is 2.21. The van der Waals surface area contributed by atoms with Gasteiger partial charge in [-0.2, -0.15) is 0 Å². The molecule has 5 heteroatoms. The Morgan fingerprint density at radius 3 is 2.58 bits per heavy atom. The van der Waals surface area contributed by atoms with Gasteiger partial charge in [-0.1, -0.05) is 0 Å². The van der Waals surface area contributed by atoms with Gasteiger partial charge in [0.1, 0.15) is 0 Å². The van der Waals surface area contributed by atoms with Crippen LogP contribution in [0.25, 0.3) is 0 Å². The summed E-state index contributed by atoms with van der Waals surface area (Å²) in [5.74, 6) is 0.754. The van der Waals surface area contributed by atoms with E-state index in [4.69, 9.17) is 4.74 Å². The van der Waals surface area contributed by atoms with Gasteiger partial charge in [0, 0.05) is 19.5 Å². The molecular weight excluding hydrogens is 244 g/mol. The molecule has 1 amide bonds. The van der Waals surface area contributed by atoms with Crippen molar-refractivity contribution in [3.05, 3.63) is 0 Å². The van der Waals surface area contributed by atoms with E-state index >= 15 is 0 Å². The van der Waals surface area contributed by atoms with Crippen molar-refractivity contribution in [2.45, 2.75) is 32.1 Å². The maximum absolute atomic E-state index is 12.1. The predicted molar refractivity (Wildman–Crippen MR) is 71.5 cm³/mol. The minimum atomic E-state index is -0.135. The number of likely N-dealkylation sites (tertiary alicyclic amines) is 1. The van der Waals surface area contributed by atoms with Gasteiger partial charge in [-0.15, -0.1) is 0 Å². The first-order valence-electron chi connectivity index (χ1n) is 7.27. The summed E-state index contributed by atoms with van der Waals surface area (Å²) >= 11 is 0. The van der Waals surface area contributed by atoms with Crippen LogP contribution in [0.4, 0.5) is 0 Å². The molecule has 0 spiro atoms. The van der Waals surface area contributed by atoms with Gasteiger partial charge in [-0.25, -0.2) is 0 Å². The number of rotatable bonds is 4. The molecule has 2 fully saturated rings. The van der Waals surface area contributed by atoms with Gasteiger partial charge in [0.2, 0.25) is 5.91 Å². The topological polar surface area (TPSA) is 58.6 Å². The number of hydrogen-bond donors (Lipinski definition) is 1. The number of hydrogen-bond acceptors (Lipinski definition) is 4. The van der Waals surface area contributed by atoms with Gasteiger partial charge in [0.15, 0.2) is 0 Å². The minimum absolute atomic E-state index is 0.0203. The van der Waals surface area contributed by atoms with E-state index in [1.54, 1.807) is 0 Å². The average Bonchev–Trinajstić information content (AvgIpc) is 2.97. The fraction of sp³-hybridized carbons (Fsp3) is 0.857. The molecule has 0 aromatic heterocycles. The average molecular weight is 268 g/mol. The minimum Gasteiger partial charge on any atom is -0.469 e. The van der Waals surface area contributed by atoms with Crippen molar-refractivity contribution in [2.24, 2.45) is 11.8 Å². The van der Waals surface area contributed by atoms with Crippen molar-refractivity contribution >= 4 is 11.9 Å². The zero-order valence-electron chi connectivity index (χ0n) is 11.7. The lowest BCUT2D eigenvalue weighted by Crippen LogP contribution is -2.40. The first-order chi connectivity index (χ1) is 9.20. The number of carbonyl (C=O) groups excluding carboxylic acids is 2. The molecule has 0 saturated carbocycles. The molecule has 0 bridgehead atoms. The summed E-state index contributed by atoms with van der Waals surface area (Å²) in [6.45, 7) is 3.53. The Morgan fingerprint density at radius 1 is 1.26 bits per heavy atom. The highest BCUT2D eigenvalue weighted by Gasteiger charge is 2.28. The lowest BCUT2D eigenvalue weighted by Gasteiger charge is -2.31. The molecule has 2 rings (SSSR count). The molecule has 2 aliphatic rings. The number of ether oxygens (including phenoxy) is 1. The molecular formula is C14H24N2O3. The van der Waals surface area contributed by atoms with Crippen LogP contribution in [0.2, 0.25) is 0 Å². The summed E-state index contributed by atoms with van der Waals surface area (Å²) in [6.07, 6.45) is 4.31. The molecule has 2 aliphatic heterocycles. The van der Waals surface area contributed by atoms with Gasteiger partial charge >= 0.3 is 5.97 Å². The van der Waals surface area contributed by atoms with E-state index in [9.17, 15) is 9.59 Å². The Balaban J connectivity index is 1.68. The number of methoxy groups -OCH3 is 1. The Bertz CT molecular complexity index is 319. The fourth-order valence-electron chi connectivity index (χ4n) is 2.98. The predicted octanol–water partition coefficient (Wildman–Crippen LogP) is 0.788. The van der Waals surface area contributed by atoms with E-state index in [1.165, 1.54) is 13.5 Å². The Labute approximate surface area is 114 Å². The van der Waals surface area contributed by atoms with Gasteiger partial charge in [0.05, 0.1) is 13.0 Å². The van der Waals surface area contributed by atoms with Crippen molar-refractivity contribution in [1.29, 1.82) is 0 Å². The third kappa shape index (κ3) is 3.93. The van der Waals surface area contributed by atoms with Crippen LogP contribution < -0.4 is 5.32 Å². The molecule has 0 radical (unpaired) electrons. The van der Waals surface area contributed by atoms with E-state index < -0.39 is 0 Å². The lowest BCUT2D eigenvalue weighted by atomic mass is 9.96. The lowest BCUT2D eigenvalue weighted by molar-refractivity contribution is -0.148. The van der Waals surface area contributed by atoms with Gasteiger partial charge < -0.3 is 15.0 Å². The molecule has 1 atom stereocenters. The van der Waals surface area contributed by atoms with Crippen LogP contribution in [-0.4, -0.2) is 50.1 Å². The van der Waals surface area contributed by atoms with Crippen molar-refractivity contribution in [2.75, 3.05) is 33.3 Å². The van der Waals surface area contributed by atoms with Gasteiger partial charge in [0.25, 0.3) is 0 Å². The van der Waals surface area contributed by atoms with E-state index in [2.05, 4.69) is 5.32 Å². The molecule has 2 heterocycles. The zero-order valence-corrected chi connectivity index (χ0v) is 11.7. The fourth-order valence-corrected chi connectivity index (χ4v) is 2.98. The molecule has 0 aliphatic carbocycles.